The van der Waals surface area contributed by atoms with Crippen LogP contribution < -0.4 is 5.32 Å². The molecule has 2 atom stereocenters. The number of hydrogen-bond acceptors (Lipinski definition) is 2. The fourth-order valence-electron chi connectivity index (χ4n) is 2.84. The van der Waals surface area contributed by atoms with Gasteiger partial charge in [-0.15, -0.1) is 0 Å². The van der Waals surface area contributed by atoms with E-state index in [1.165, 1.54) is 31.4 Å². The lowest BCUT2D eigenvalue weighted by molar-refractivity contribution is 0.230. The van der Waals surface area contributed by atoms with Crippen molar-refractivity contribution in [2.75, 3.05) is 0 Å². The third-order valence-corrected chi connectivity index (χ3v) is 4.15. The molecule has 1 heterocycles. The SMILES string of the molecule is CC(C)C1CCCC(NCc2ccnn2C)C1. The van der Waals surface area contributed by atoms with Crippen molar-refractivity contribution < 1.29 is 0 Å². The van der Waals surface area contributed by atoms with Gasteiger partial charge in [-0.2, -0.15) is 5.10 Å². The highest BCUT2D eigenvalue weighted by Gasteiger charge is 2.23. The van der Waals surface area contributed by atoms with Gasteiger partial charge in [0.2, 0.25) is 0 Å². The molecule has 3 nitrogen and oxygen atoms in total. The molecule has 0 saturated heterocycles. The Morgan fingerprint density at radius 2 is 2.29 bits per heavy atom. The summed E-state index contributed by atoms with van der Waals surface area (Å²) in [5.41, 5.74) is 1.27. The van der Waals surface area contributed by atoms with E-state index in [1.54, 1.807) is 0 Å². The van der Waals surface area contributed by atoms with Crippen molar-refractivity contribution in [2.45, 2.75) is 52.1 Å². The molecule has 0 amide bonds. The summed E-state index contributed by atoms with van der Waals surface area (Å²) in [4.78, 5) is 0. The van der Waals surface area contributed by atoms with Crippen LogP contribution >= 0.6 is 0 Å². The highest BCUT2D eigenvalue weighted by Crippen LogP contribution is 2.29. The molecule has 96 valence electrons. The van der Waals surface area contributed by atoms with E-state index >= 15 is 0 Å². The zero-order chi connectivity index (χ0) is 12.3. The van der Waals surface area contributed by atoms with Crippen molar-refractivity contribution in [3.05, 3.63) is 18.0 Å². The van der Waals surface area contributed by atoms with Gasteiger partial charge in [0.05, 0.1) is 5.69 Å². The minimum atomic E-state index is 0.700. The molecule has 0 aromatic carbocycles. The van der Waals surface area contributed by atoms with Crippen LogP contribution in [-0.2, 0) is 13.6 Å². The molecule has 17 heavy (non-hydrogen) atoms. The maximum Gasteiger partial charge on any atom is 0.0518 e. The average molecular weight is 235 g/mol. The van der Waals surface area contributed by atoms with Crippen LogP contribution in [0.4, 0.5) is 0 Å². The third kappa shape index (κ3) is 3.32. The highest BCUT2D eigenvalue weighted by atomic mass is 15.3. The highest BCUT2D eigenvalue weighted by molar-refractivity contribution is 4.99. The van der Waals surface area contributed by atoms with Crippen molar-refractivity contribution in [2.24, 2.45) is 18.9 Å². The second kappa shape index (κ2) is 5.67. The van der Waals surface area contributed by atoms with E-state index in [2.05, 4.69) is 30.3 Å². The van der Waals surface area contributed by atoms with Gasteiger partial charge in [-0.1, -0.05) is 26.7 Å². The minimum absolute atomic E-state index is 0.700. The van der Waals surface area contributed by atoms with Crippen molar-refractivity contribution in [3.63, 3.8) is 0 Å². The van der Waals surface area contributed by atoms with E-state index in [0.717, 1.165) is 18.4 Å². The number of hydrogen-bond donors (Lipinski definition) is 1. The summed E-state index contributed by atoms with van der Waals surface area (Å²) in [5.74, 6) is 1.74. The van der Waals surface area contributed by atoms with Crippen LogP contribution in [0.5, 0.6) is 0 Å². The van der Waals surface area contributed by atoms with E-state index < -0.39 is 0 Å². The molecule has 1 aromatic heterocycles. The summed E-state index contributed by atoms with van der Waals surface area (Å²) in [6, 6.07) is 2.79. The van der Waals surface area contributed by atoms with Crippen LogP contribution in [0, 0.1) is 11.8 Å². The number of nitrogens with one attached hydrogen (secondary N) is 1. The summed E-state index contributed by atoms with van der Waals surface area (Å²) in [6.07, 6.45) is 7.35. The maximum atomic E-state index is 4.20. The first-order valence-electron chi connectivity index (χ1n) is 6.87. The standard InChI is InChI=1S/C14H25N3/c1-11(2)12-5-4-6-13(9-12)15-10-14-7-8-16-17(14)3/h7-8,11-13,15H,4-6,9-10H2,1-3H3. The Bertz CT molecular complexity index is 343. The number of rotatable bonds is 4. The van der Waals surface area contributed by atoms with Crippen LogP contribution in [0.25, 0.3) is 0 Å². The summed E-state index contributed by atoms with van der Waals surface area (Å²) < 4.78 is 1.95. The Labute approximate surface area is 105 Å². The first-order valence-corrected chi connectivity index (χ1v) is 6.87. The van der Waals surface area contributed by atoms with Gasteiger partial charge in [0.25, 0.3) is 0 Å². The summed E-state index contributed by atoms with van der Waals surface area (Å²) in [6.45, 7) is 5.66. The molecule has 1 saturated carbocycles. The van der Waals surface area contributed by atoms with Gasteiger partial charge in [-0.3, -0.25) is 4.68 Å². The van der Waals surface area contributed by atoms with Crippen molar-refractivity contribution in [1.82, 2.24) is 15.1 Å². The van der Waals surface area contributed by atoms with E-state index in [4.69, 9.17) is 0 Å². The van der Waals surface area contributed by atoms with Crippen molar-refractivity contribution in [1.29, 1.82) is 0 Å². The molecule has 1 aromatic rings. The van der Waals surface area contributed by atoms with Gasteiger partial charge >= 0.3 is 0 Å². The molecule has 1 N–H and O–H groups in total. The number of aromatic nitrogens is 2. The molecule has 2 rings (SSSR count). The Hall–Kier alpha value is -0.830. The van der Waals surface area contributed by atoms with E-state index in [9.17, 15) is 0 Å². The first-order chi connectivity index (χ1) is 8.16. The second-order valence-corrected chi connectivity index (χ2v) is 5.69. The van der Waals surface area contributed by atoms with E-state index in [-0.39, 0.29) is 0 Å². The van der Waals surface area contributed by atoms with Gasteiger partial charge in [-0.25, -0.2) is 0 Å². The van der Waals surface area contributed by atoms with Crippen LogP contribution in [0.3, 0.4) is 0 Å². The lowest BCUT2D eigenvalue weighted by atomic mass is 9.79. The number of nitrogens with zero attached hydrogens (tertiary/aromatic N) is 2. The fourth-order valence-corrected chi connectivity index (χ4v) is 2.84. The summed E-state index contributed by atoms with van der Waals surface area (Å²) in [5, 5.41) is 7.89. The average Bonchev–Trinajstić information content (AvgIpc) is 2.72. The van der Waals surface area contributed by atoms with Crippen LogP contribution in [-0.4, -0.2) is 15.8 Å². The zero-order valence-corrected chi connectivity index (χ0v) is 11.3. The maximum absolute atomic E-state index is 4.20. The van der Waals surface area contributed by atoms with E-state index in [0.29, 0.717) is 6.04 Å². The lowest BCUT2D eigenvalue weighted by Gasteiger charge is -2.32. The van der Waals surface area contributed by atoms with Gasteiger partial charge in [0, 0.05) is 25.8 Å². The normalized spacial score (nSPS) is 25.4. The molecule has 1 aliphatic carbocycles. The molecule has 0 spiro atoms. The third-order valence-electron chi connectivity index (χ3n) is 4.15. The smallest absolute Gasteiger partial charge is 0.0518 e. The molecule has 1 fully saturated rings. The first kappa shape index (κ1) is 12.6. The Morgan fingerprint density at radius 3 is 2.94 bits per heavy atom. The molecular formula is C14H25N3. The second-order valence-electron chi connectivity index (χ2n) is 5.69. The zero-order valence-electron chi connectivity index (χ0n) is 11.3. The molecule has 0 bridgehead atoms. The molecular weight excluding hydrogens is 210 g/mol. The molecule has 0 aliphatic heterocycles. The number of aryl methyl sites for hydroxylation is 1. The van der Waals surface area contributed by atoms with Crippen LogP contribution in [0.15, 0.2) is 12.3 Å². The predicted molar refractivity (Wildman–Crippen MR) is 70.6 cm³/mol. The molecule has 2 unspecified atom stereocenters. The quantitative estimate of drug-likeness (QED) is 0.869. The molecule has 1 aliphatic rings. The summed E-state index contributed by atoms with van der Waals surface area (Å²) >= 11 is 0. The van der Waals surface area contributed by atoms with Crippen LogP contribution in [0.2, 0.25) is 0 Å². The minimum Gasteiger partial charge on any atom is -0.308 e. The van der Waals surface area contributed by atoms with Gasteiger partial charge < -0.3 is 5.32 Å². The Morgan fingerprint density at radius 1 is 1.47 bits per heavy atom. The predicted octanol–water partition coefficient (Wildman–Crippen LogP) is 2.72. The van der Waals surface area contributed by atoms with E-state index in [1.807, 2.05) is 17.9 Å². The van der Waals surface area contributed by atoms with Crippen LogP contribution in [0.1, 0.15) is 45.2 Å². The lowest BCUT2D eigenvalue weighted by Crippen LogP contribution is -2.35. The Balaban J connectivity index is 1.81. The fraction of sp³-hybridized carbons (Fsp3) is 0.786. The van der Waals surface area contributed by atoms with Crippen molar-refractivity contribution in [3.8, 4) is 0 Å². The van der Waals surface area contributed by atoms with Gasteiger partial charge in [0.15, 0.2) is 0 Å². The van der Waals surface area contributed by atoms with Gasteiger partial charge in [0.1, 0.15) is 0 Å². The van der Waals surface area contributed by atoms with Gasteiger partial charge in [-0.05, 0) is 30.7 Å². The largest absolute Gasteiger partial charge is 0.308 e. The summed E-state index contributed by atoms with van der Waals surface area (Å²) in [7, 11) is 2.01. The Kier molecular flexibility index (Phi) is 4.21. The monoisotopic (exact) mass is 235 g/mol. The van der Waals surface area contributed by atoms with Crippen molar-refractivity contribution >= 4 is 0 Å². The molecule has 0 radical (unpaired) electrons. The topological polar surface area (TPSA) is 29.9 Å². The molecule has 3 heteroatoms.